The number of ketones is 1. The minimum atomic E-state index is -0.499. The standard InChI is InChI=1S/C18H22O3/c1-18(2,3)21-17(20)13-9-5-8-12-16(19)14-15-10-6-4-7-11-15/h4-7,10-11,13H,8,12,14H2,1-3H3. The monoisotopic (exact) mass is 286 g/mol. The van der Waals surface area contributed by atoms with Gasteiger partial charge in [-0.05, 0) is 38.8 Å². The smallest absolute Gasteiger partial charge is 0.339 e. The van der Waals surface area contributed by atoms with E-state index < -0.39 is 11.6 Å². The van der Waals surface area contributed by atoms with Gasteiger partial charge < -0.3 is 4.74 Å². The van der Waals surface area contributed by atoms with E-state index in [1.54, 1.807) is 6.08 Å². The van der Waals surface area contributed by atoms with E-state index in [9.17, 15) is 9.59 Å². The van der Waals surface area contributed by atoms with Crippen LogP contribution in [0.5, 0.6) is 0 Å². The zero-order valence-electron chi connectivity index (χ0n) is 12.9. The summed E-state index contributed by atoms with van der Waals surface area (Å²) in [6, 6.07) is 9.66. The number of carbonyl (C=O) groups excluding carboxylic acids is 2. The Balaban J connectivity index is 2.31. The molecule has 0 aliphatic carbocycles. The van der Waals surface area contributed by atoms with Gasteiger partial charge in [0.15, 0.2) is 0 Å². The van der Waals surface area contributed by atoms with E-state index in [0.717, 1.165) is 5.56 Å². The lowest BCUT2D eigenvalue weighted by Crippen LogP contribution is -2.22. The number of carbonyl (C=O) groups is 2. The zero-order valence-corrected chi connectivity index (χ0v) is 12.9. The van der Waals surface area contributed by atoms with E-state index in [1.807, 2.05) is 51.1 Å². The first-order valence-corrected chi connectivity index (χ1v) is 7.06. The summed E-state index contributed by atoms with van der Waals surface area (Å²) >= 11 is 0. The Hall–Kier alpha value is -2.12. The number of hydrogen-bond acceptors (Lipinski definition) is 3. The Bertz CT molecular complexity index is 529. The lowest BCUT2D eigenvalue weighted by atomic mass is 10.1. The van der Waals surface area contributed by atoms with Crippen LogP contribution in [-0.2, 0) is 20.7 Å². The van der Waals surface area contributed by atoms with Crippen LogP contribution in [0.15, 0.2) is 48.2 Å². The molecule has 0 spiro atoms. The van der Waals surface area contributed by atoms with E-state index in [0.29, 0.717) is 19.3 Å². The van der Waals surface area contributed by atoms with Gasteiger partial charge in [0.1, 0.15) is 11.4 Å². The molecule has 21 heavy (non-hydrogen) atoms. The Kier molecular flexibility index (Phi) is 6.64. The van der Waals surface area contributed by atoms with Gasteiger partial charge in [0.25, 0.3) is 0 Å². The van der Waals surface area contributed by atoms with Crippen molar-refractivity contribution >= 4 is 11.8 Å². The molecule has 0 saturated carbocycles. The molecule has 0 N–H and O–H groups in total. The summed E-state index contributed by atoms with van der Waals surface area (Å²) in [6.45, 7) is 5.43. The molecule has 0 amide bonds. The van der Waals surface area contributed by atoms with Crippen LogP contribution in [-0.4, -0.2) is 17.4 Å². The van der Waals surface area contributed by atoms with Crippen LogP contribution in [0.2, 0.25) is 0 Å². The van der Waals surface area contributed by atoms with E-state index in [1.165, 1.54) is 6.08 Å². The highest BCUT2D eigenvalue weighted by atomic mass is 16.6. The number of benzene rings is 1. The molecule has 3 nitrogen and oxygen atoms in total. The summed E-state index contributed by atoms with van der Waals surface area (Å²) < 4.78 is 5.10. The molecule has 112 valence electrons. The molecule has 0 heterocycles. The van der Waals surface area contributed by atoms with Crippen molar-refractivity contribution in [2.75, 3.05) is 0 Å². The van der Waals surface area contributed by atoms with Crippen molar-refractivity contribution < 1.29 is 14.3 Å². The van der Waals surface area contributed by atoms with Crippen molar-refractivity contribution in [1.29, 1.82) is 0 Å². The van der Waals surface area contributed by atoms with Crippen molar-refractivity contribution in [3.63, 3.8) is 0 Å². The molecule has 0 saturated heterocycles. The van der Waals surface area contributed by atoms with Gasteiger partial charge in [-0.1, -0.05) is 30.3 Å². The highest BCUT2D eigenvalue weighted by Crippen LogP contribution is 2.07. The molecule has 1 rings (SSSR count). The number of hydrogen-bond donors (Lipinski definition) is 0. The summed E-state index contributed by atoms with van der Waals surface area (Å²) in [4.78, 5) is 23.1. The summed E-state index contributed by atoms with van der Waals surface area (Å²) in [6.07, 6.45) is 4.42. The predicted octanol–water partition coefficient (Wildman–Crippen LogP) is 3.63. The SMILES string of the molecule is CC(C)(C)OC(=O)C=C=CCCC(=O)Cc1ccccc1. The molecule has 0 fully saturated rings. The first kappa shape index (κ1) is 16.9. The second kappa shape index (κ2) is 8.23. The number of rotatable bonds is 6. The van der Waals surface area contributed by atoms with Gasteiger partial charge in [0.2, 0.25) is 0 Å². The Morgan fingerprint density at radius 2 is 1.86 bits per heavy atom. The predicted molar refractivity (Wildman–Crippen MR) is 82.9 cm³/mol. The molecule has 0 aliphatic heterocycles. The molecular weight excluding hydrogens is 264 g/mol. The fourth-order valence-electron chi connectivity index (χ4n) is 1.69. The van der Waals surface area contributed by atoms with Crippen LogP contribution in [0.1, 0.15) is 39.2 Å². The molecule has 0 radical (unpaired) electrons. The maximum atomic E-state index is 11.7. The zero-order chi connectivity index (χ0) is 15.7. The van der Waals surface area contributed by atoms with Gasteiger partial charge in [-0.3, -0.25) is 4.79 Å². The third-order valence-corrected chi connectivity index (χ3v) is 2.54. The van der Waals surface area contributed by atoms with Crippen molar-refractivity contribution in [1.82, 2.24) is 0 Å². The molecule has 0 aliphatic rings. The normalized spacial score (nSPS) is 10.4. The molecule has 1 aromatic carbocycles. The van der Waals surface area contributed by atoms with Gasteiger partial charge in [-0.2, -0.15) is 0 Å². The maximum absolute atomic E-state index is 11.7. The first-order chi connectivity index (χ1) is 9.87. The van der Waals surface area contributed by atoms with Gasteiger partial charge in [-0.25, -0.2) is 4.79 Å². The second-order valence-corrected chi connectivity index (χ2v) is 5.79. The van der Waals surface area contributed by atoms with E-state index >= 15 is 0 Å². The summed E-state index contributed by atoms with van der Waals surface area (Å²) in [5.41, 5.74) is 3.27. The molecule has 0 bridgehead atoms. The minimum absolute atomic E-state index is 0.177. The van der Waals surface area contributed by atoms with Crippen LogP contribution in [0.25, 0.3) is 0 Å². The molecule has 1 aromatic rings. The highest BCUT2D eigenvalue weighted by Gasteiger charge is 2.13. The third-order valence-electron chi connectivity index (χ3n) is 2.54. The summed E-state index contributed by atoms with van der Waals surface area (Å²) in [5, 5.41) is 0. The lowest BCUT2D eigenvalue weighted by molar-refractivity contribution is -0.148. The van der Waals surface area contributed by atoms with Crippen LogP contribution in [0.4, 0.5) is 0 Å². The number of ether oxygens (including phenoxy) is 1. The second-order valence-electron chi connectivity index (χ2n) is 5.79. The molecule has 3 heteroatoms. The van der Waals surface area contributed by atoms with Crippen LogP contribution in [0.3, 0.4) is 0 Å². The third kappa shape index (κ3) is 8.61. The maximum Gasteiger partial charge on any atom is 0.339 e. The van der Waals surface area contributed by atoms with Crippen molar-refractivity contribution in [3.05, 3.63) is 53.8 Å². The van der Waals surface area contributed by atoms with Gasteiger partial charge >= 0.3 is 5.97 Å². The average Bonchev–Trinajstić information content (AvgIpc) is 2.37. The van der Waals surface area contributed by atoms with Gasteiger partial charge in [0.05, 0.1) is 6.08 Å². The summed E-state index contributed by atoms with van der Waals surface area (Å²) in [7, 11) is 0. The van der Waals surface area contributed by atoms with Gasteiger partial charge in [-0.15, -0.1) is 5.73 Å². The van der Waals surface area contributed by atoms with Crippen molar-refractivity contribution in [2.45, 2.75) is 45.6 Å². The topological polar surface area (TPSA) is 43.4 Å². The molecular formula is C18H22O3. The number of esters is 1. The quantitative estimate of drug-likeness (QED) is 0.455. The van der Waals surface area contributed by atoms with E-state index in [2.05, 4.69) is 5.73 Å². The average molecular weight is 286 g/mol. The van der Waals surface area contributed by atoms with Crippen molar-refractivity contribution in [2.24, 2.45) is 0 Å². The largest absolute Gasteiger partial charge is 0.456 e. The fourth-order valence-corrected chi connectivity index (χ4v) is 1.69. The van der Waals surface area contributed by atoms with Gasteiger partial charge in [0, 0.05) is 12.8 Å². The van der Waals surface area contributed by atoms with Crippen LogP contribution >= 0.6 is 0 Å². The van der Waals surface area contributed by atoms with Crippen LogP contribution < -0.4 is 0 Å². The van der Waals surface area contributed by atoms with Crippen LogP contribution in [0, 0.1) is 0 Å². The summed E-state index contributed by atoms with van der Waals surface area (Å²) in [5.74, 6) is -0.245. The van der Waals surface area contributed by atoms with E-state index in [4.69, 9.17) is 4.74 Å². The molecule has 0 atom stereocenters. The molecule has 0 aromatic heterocycles. The Labute approximate surface area is 126 Å². The van der Waals surface area contributed by atoms with E-state index in [-0.39, 0.29) is 5.78 Å². The Morgan fingerprint density at radius 1 is 1.19 bits per heavy atom. The first-order valence-electron chi connectivity index (χ1n) is 7.06. The highest BCUT2D eigenvalue weighted by molar-refractivity contribution is 5.82. The molecule has 0 unspecified atom stereocenters. The fraction of sp³-hybridized carbons (Fsp3) is 0.389. The minimum Gasteiger partial charge on any atom is -0.456 e. The Morgan fingerprint density at radius 3 is 2.48 bits per heavy atom. The lowest BCUT2D eigenvalue weighted by Gasteiger charge is -2.17. The van der Waals surface area contributed by atoms with Crippen molar-refractivity contribution in [3.8, 4) is 0 Å². The number of Topliss-reactive ketones (excluding diaryl/α,β-unsaturated/α-hetero) is 1.